The zero-order chi connectivity index (χ0) is 17.8. The molecule has 1 aliphatic carbocycles. The van der Waals surface area contributed by atoms with Crippen molar-refractivity contribution < 1.29 is 14.0 Å². The Balaban J connectivity index is 1.67. The summed E-state index contributed by atoms with van der Waals surface area (Å²) in [4.78, 5) is 23.9. The molecule has 0 unspecified atom stereocenters. The Bertz CT molecular complexity index is 841. The lowest BCUT2D eigenvalue weighted by molar-refractivity contribution is -0.117. The predicted octanol–water partition coefficient (Wildman–Crippen LogP) is 4.13. The van der Waals surface area contributed by atoms with Crippen LogP contribution in [0.15, 0.2) is 48.5 Å². The third-order valence-electron chi connectivity index (χ3n) is 4.03. The number of halogens is 1. The topological polar surface area (TPSA) is 58.2 Å². The molecule has 0 bridgehead atoms. The van der Waals surface area contributed by atoms with Crippen LogP contribution in [0.2, 0.25) is 0 Å². The van der Waals surface area contributed by atoms with Crippen molar-refractivity contribution in [2.24, 2.45) is 5.92 Å². The molecule has 25 heavy (non-hydrogen) atoms. The van der Waals surface area contributed by atoms with Crippen LogP contribution in [0, 0.1) is 18.7 Å². The van der Waals surface area contributed by atoms with Crippen LogP contribution in [0.5, 0.6) is 0 Å². The van der Waals surface area contributed by atoms with E-state index in [-0.39, 0.29) is 23.5 Å². The van der Waals surface area contributed by atoms with E-state index in [1.54, 1.807) is 30.3 Å². The Labute approximate surface area is 145 Å². The van der Waals surface area contributed by atoms with E-state index in [9.17, 15) is 14.0 Å². The summed E-state index contributed by atoms with van der Waals surface area (Å²) in [6.45, 7) is 1.86. The number of aryl methyl sites for hydroxylation is 1. The minimum atomic E-state index is -0.382. The van der Waals surface area contributed by atoms with Crippen molar-refractivity contribution in [2.75, 3.05) is 10.6 Å². The van der Waals surface area contributed by atoms with Crippen molar-refractivity contribution in [1.82, 2.24) is 0 Å². The average Bonchev–Trinajstić information content (AvgIpc) is 3.42. The summed E-state index contributed by atoms with van der Waals surface area (Å²) in [5.41, 5.74) is 2.48. The molecule has 0 atom stereocenters. The van der Waals surface area contributed by atoms with Gasteiger partial charge in [-0.25, -0.2) is 4.39 Å². The Morgan fingerprint density at radius 3 is 2.60 bits per heavy atom. The largest absolute Gasteiger partial charge is 0.326 e. The van der Waals surface area contributed by atoms with Crippen molar-refractivity contribution >= 4 is 29.3 Å². The Hall–Kier alpha value is -2.95. The predicted molar refractivity (Wildman–Crippen MR) is 96.6 cm³/mol. The molecule has 5 heteroatoms. The summed E-state index contributed by atoms with van der Waals surface area (Å²) in [6.07, 6.45) is 4.58. The van der Waals surface area contributed by atoms with Gasteiger partial charge in [0, 0.05) is 28.9 Å². The standard InChI is InChI=1S/C20H19FN2O2/c1-13-6-10-16(22-20(25)15-7-8-15)12-18(13)23-19(24)11-9-14-4-2-3-5-17(14)21/h2-6,9-12,15H,7-8H2,1H3,(H,22,25)(H,23,24)/b11-9+. The van der Waals surface area contributed by atoms with Gasteiger partial charge in [-0.05, 0) is 49.6 Å². The van der Waals surface area contributed by atoms with Crippen LogP contribution < -0.4 is 10.6 Å². The smallest absolute Gasteiger partial charge is 0.248 e. The van der Waals surface area contributed by atoms with Gasteiger partial charge in [0.05, 0.1) is 0 Å². The molecule has 2 aromatic rings. The van der Waals surface area contributed by atoms with Gasteiger partial charge in [0.15, 0.2) is 0 Å². The summed E-state index contributed by atoms with van der Waals surface area (Å²) in [6, 6.07) is 11.6. The summed E-state index contributed by atoms with van der Waals surface area (Å²) < 4.78 is 13.6. The van der Waals surface area contributed by atoms with E-state index in [0.717, 1.165) is 18.4 Å². The number of hydrogen-bond acceptors (Lipinski definition) is 2. The maximum atomic E-state index is 13.6. The zero-order valence-corrected chi connectivity index (χ0v) is 13.9. The van der Waals surface area contributed by atoms with E-state index in [2.05, 4.69) is 10.6 Å². The van der Waals surface area contributed by atoms with Crippen molar-refractivity contribution in [1.29, 1.82) is 0 Å². The first-order valence-electron chi connectivity index (χ1n) is 8.18. The second-order valence-corrected chi connectivity index (χ2v) is 6.14. The minimum Gasteiger partial charge on any atom is -0.326 e. The number of nitrogens with one attached hydrogen (secondary N) is 2. The monoisotopic (exact) mass is 338 g/mol. The van der Waals surface area contributed by atoms with Crippen molar-refractivity contribution in [3.8, 4) is 0 Å². The van der Waals surface area contributed by atoms with E-state index in [1.165, 1.54) is 18.2 Å². The molecule has 0 spiro atoms. The molecule has 1 fully saturated rings. The molecule has 1 aliphatic rings. The van der Waals surface area contributed by atoms with Gasteiger partial charge in [0.2, 0.25) is 11.8 Å². The molecule has 0 aliphatic heterocycles. The Kier molecular flexibility index (Phi) is 4.93. The van der Waals surface area contributed by atoms with Crippen LogP contribution in [0.3, 0.4) is 0 Å². The van der Waals surface area contributed by atoms with Crippen molar-refractivity contribution in [3.05, 3.63) is 65.5 Å². The van der Waals surface area contributed by atoms with E-state index in [1.807, 2.05) is 13.0 Å². The molecule has 0 saturated heterocycles. The highest BCUT2D eigenvalue weighted by Crippen LogP contribution is 2.30. The molecule has 1 saturated carbocycles. The number of carbonyl (C=O) groups excluding carboxylic acids is 2. The van der Waals surface area contributed by atoms with Gasteiger partial charge in [-0.15, -0.1) is 0 Å². The van der Waals surface area contributed by atoms with Gasteiger partial charge in [0.25, 0.3) is 0 Å². The molecule has 0 heterocycles. The first-order chi connectivity index (χ1) is 12.0. The summed E-state index contributed by atoms with van der Waals surface area (Å²) in [7, 11) is 0. The fourth-order valence-electron chi connectivity index (χ4n) is 2.37. The fraction of sp³-hybridized carbons (Fsp3) is 0.200. The molecule has 0 radical (unpaired) electrons. The van der Waals surface area contributed by atoms with Gasteiger partial charge >= 0.3 is 0 Å². The Morgan fingerprint density at radius 2 is 1.88 bits per heavy atom. The third kappa shape index (κ3) is 4.53. The zero-order valence-electron chi connectivity index (χ0n) is 13.9. The first kappa shape index (κ1) is 16.9. The molecule has 2 aromatic carbocycles. The molecule has 2 N–H and O–H groups in total. The fourth-order valence-corrected chi connectivity index (χ4v) is 2.37. The lowest BCUT2D eigenvalue weighted by atomic mass is 10.1. The third-order valence-corrected chi connectivity index (χ3v) is 4.03. The van der Waals surface area contributed by atoms with Crippen LogP contribution in [-0.4, -0.2) is 11.8 Å². The van der Waals surface area contributed by atoms with Gasteiger partial charge in [-0.2, -0.15) is 0 Å². The lowest BCUT2D eigenvalue weighted by Gasteiger charge is -2.10. The van der Waals surface area contributed by atoms with Gasteiger partial charge in [-0.1, -0.05) is 24.3 Å². The number of rotatable bonds is 5. The van der Waals surface area contributed by atoms with Gasteiger partial charge in [-0.3, -0.25) is 9.59 Å². The molecule has 128 valence electrons. The van der Waals surface area contributed by atoms with Crippen LogP contribution in [0.4, 0.5) is 15.8 Å². The quantitative estimate of drug-likeness (QED) is 0.805. The van der Waals surface area contributed by atoms with Crippen molar-refractivity contribution in [2.45, 2.75) is 19.8 Å². The second-order valence-electron chi connectivity index (χ2n) is 6.14. The molecule has 0 aromatic heterocycles. The first-order valence-corrected chi connectivity index (χ1v) is 8.18. The lowest BCUT2D eigenvalue weighted by Crippen LogP contribution is -2.14. The normalized spacial score (nSPS) is 13.7. The molecular formula is C20H19FN2O2. The second kappa shape index (κ2) is 7.30. The maximum absolute atomic E-state index is 13.6. The number of amides is 2. The molecule has 3 rings (SSSR count). The van der Waals surface area contributed by atoms with E-state index in [4.69, 9.17) is 0 Å². The highest BCUT2D eigenvalue weighted by atomic mass is 19.1. The van der Waals surface area contributed by atoms with Crippen LogP contribution in [0.1, 0.15) is 24.0 Å². The molecule has 4 nitrogen and oxygen atoms in total. The van der Waals surface area contributed by atoms with Crippen LogP contribution in [0.25, 0.3) is 6.08 Å². The van der Waals surface area contributed by atoms with E-state index in [0.29, 0.717) is 16.9 Å². The number of benzene rings is 2. The van der Waals surface area contributed by atoms with Crippen LogP contribution in [-0.2, 0) is 9.59 Å². The number of hydrogen-bond donors (Lipinski definition) is 2. The average molecular weight is 338 g/mol. The Morgan fingerprint density at radius 1 is 1.12 bits per heavy atom. The molecular weight excluding hydrogens is 319 g/mol. The van der Waals surface area contributed by atoms with Crippen molar-refractivity contribution in [3.63, 3.8) is 0 Å². The number of carbonyl (C=O) groups is 2. The summed E-state index contributed by atoms with van der Waals surface area (Å²) >= 11 is 0. The highest BCUT2D eigenvalue weighted by Gasteiger charge is 2.29. The van der Waals surface area contributed by atoms with Gasteiger partial charge in [0.1, 0.15) is 5.82 Å². The molecule has 2 amide bonds. The highest BCUT2D eigenvalue weighted by molar-refractivity contribution is 6.03. The van der Waals surface area contributed by atoms with E-state index < -0.39 is 0 Å². The SMILES string of the molecule is Cc1ccc(NC(=O)C2CC2)cc1NC(=O)/C=C/c1ccccc1F. The minimum absolute atomic E-state index is 0.0144. The van der Waals surface area contributed by atoms with Crippen LogP contribution >= 0.6 is 0 Å². The summed E-state index contributed by atoms with van der Waals surface area (Å²) in [5, 5.41) is 5.61. The number of anilines is 2. The van der Waals surface area contributed by atoms with Gasteiger partial charge < -0.3 is 10.6 Å². The van der Waals surface area contributed by atoms with E-state index >= 15 is 0 Å². The maximum Gasteiger partial charge on any atom is 0.248 e. The summed E-state index contributed by atoms with van der Waals surface area (Å²) in [5.74, 6) is -0.617.